The fourth-order valence-electron chi connectivity index (χ4n) is 2.72. The Labute approximate surface area is 108 Å². The zero-order valence-corrected chi connectivity index (χ0v) is 12.0. The maximum absolute atomic E-state index is 3.76. The van der Waals surface area contributed by atoms with Gasteiger partial charge in [0.05, 0.1) is 0 Å². The van der Waals surface area contributed by atoms with Gasteiger partial charge in [-0.25, -0.2) is 0 Å². The van der Waals surface area contributed by atoms with Crippen molar-refractivity contribution in [3.63, 3.8) is 0 Å². The molecule has 0 bridgehead atoms. The predicted octanol–water partition coefficient (Wildman–Crippen LogP) is 3.42. The van der Waals surface area contributed by atoms with Gasteiger partial charge in [0.15, 0.2) is 0 Å². The van der Waals surface area contributed by atoms with Crippen LogP contribution in [0.15, 0.2) is 0 Å². The third kappa shape index (κ3) is 7.05. The minimum atomic E-state index is 0.808. The van der Waals surface area contributed by atoms with Crippen molar-refractivity contribution in [2.45, 2.75) is 71.3 Å². The molecule has 2 nitrogen and oxygen atoms in total. The Kier molecular flexibility index (Phi) is 8.72. The van der Waals surface area contributed by atoms with Crippen molar-refractivity contribution < 1.29 is 0 Å². The topological polar surface area (TPSA) is 15.3 Å². The van der Waals surface area contributed by atoms with Gasteiger partial charge in [0.25, 0.3) is 0 Å². The summed E-state index contributed by atoms with van der Waals surface area (Å²) in [6.45, 7) is 9.44. The Morgan fingerprint density at radius 2 is 1.71 bits per heavy atom. The lowest BCUT2D eigenvalue weighted by Crippen LogP contribution is -2.37. The molecule has 0 radical (unpaired) electrons. The van der Waals surface area contributed by atoms with Crippen LogP contribution in [0.25, 0.3) is 0 Å². The lowest BCUT2D eigenvalue weighted by atomic mass is 10.1. The summed E-state index contributed by atoms with van der Waals surface area (Å²) in [6.07, 6.45) is 11.2. The number of rotatable bonds is 8. The molecule has 1 N–H and O–H groups in total. The first-order chi connectivity index (χ1) is 8.36. The molecule has 1 saturated carbocycles. The molecule has 0 aromatic carbocycles. The molecular weight excluding hydrogens is 208 g/mol. The number of hydrogen-bond donors (Lipinski definition) is 1. The highest BCUT2D eigenvalue weighted by atomic mass is 15.1. The molecule has 2 heteroatoms. The summed E-state index contributed by atoms with van der Waals surface area (Å²) in [5.74, 6) is 0. The minimum Gasteiger partial charge on any atom is -0.313 e. The van der Waals surface area contributed by atoms with Crippen LogP contribution in [0.2, 0.25) is 0 Å². The number of likely N-dealkylation sites (N-methyl/N-ethyl adjacent to an activating group) is 1. The molecule has 0 amide bonds. The van der Waals surface area contributed by atoms with Crippen LogP contribution in [-0.2, 0) is 0 Å². The second-order valence-corrected chi connectivity index (χ2v) is 5.43. The van der Waals surface area contributed by atoms with E-state index in [1.165, 1.54) is 77.5 Å². The van der Waals surface area contributed by atoms with Gasteiger partial charge in [-0.1, -0.05) is 46.0 Å². The zero-order chi connectivity index (χ0) is 12.3. The SMILES string of the molecule is CCCCN(CC)CCNC1CCCCCC1. The maximum atomic E-state index is 3.76. The highest BCUT2D eigenvalue weighted by molar-refractivity contribution is 4.71. The van der Waals surface area contributed by atoms with Crippen molar-refractivity contribution in [1.82, 2.24) is 10.2 Å². The molecule has 1 aliphatic rings. The van der Waals surface area contributed by atoms with Crippen molar-refractivity contribution in [2.75, 3.05) is 26.2 Å². The van der Waals surface area contributed by atoms with E-state index >= 15 is 0 Å². The van der Waals surface area contributed by atoms with Gasteiger partial charge >= 0.3 is 0 Å². The molecule has 0 saturated heterocycles. The van der Waals surface area contributed by atoms with Crippen LogP contribution in [0.5, 0.6) is 0 Å². The lowest BCUT2D eigenvalue weighted by Gasteiger charge is -2.22. The first kappa shape index (κ1) is 15.0. The molecule has 17 heavy (non-hydrogen) atoms. The summed E-state index contributed by atoms with van der Waals surface area (Å²) in [5.41, 5.74) is 0. The average molecular weight is 240 g/mol. The summed E-state index contributed by atoms with van der Waals surface area (Å²) in [7, 11) is 0. The third-order valence-corrected chi connectivity index (χ3v) is 3.99. The molecule has 0 aromatic rings. The predicted molar refractivity (Wildman–Crippen MR) is 76.5 cm³/mol. The van der Waals surface area contributed by atoms with Gasteiger partial charge in [-0.05, 0) is 32.4 Å². The van der Waals surface area contributed by atoms with Crippen LogP contribution < -0.4 is 5.32 Å². The van der Waals surface area contributed by atoms with Crippen LogP contribution in [0.4, 0.5) is 0 Å². The first-order valence-electron chi connectivity index (χ1n) is 7.82. The second kappa shape index (κ2) is 9.90. The molecule has 1 fully saturated rings. The van der Waals surface area contributed by atoms with E-state index in [2.05, 4.69) is 24.1 Å². The maximum Gasteiger partial charge on any atom is 0.0107 e. The fraction of sp³-hybridized carbons (Fsp3) is 1.00. The Morgan fingerprint density at radius 3 is 2.29 bits per heavy atom. The van der Waals surface area contributed by atoms with E-state index in [-0.39, 0.29) is 0 Å². The molecule has 0 unspecified atom stereocenters. The van der Waals surface area contributed by atoms with E-state index < -0.39 is 0 Å². The molecule has 0 atom stereocenters. The van der Waals surface area contributed by atoms with Crippen LogP contribution in [-0.4, -0.2) is 37.1 Å². The number of nitrogens with zero attached hydrogens (tertiary/aromatic N) is 1. The summed E-state index contributed by atoms with van der Waals surface area (Å²) >= 11 is 0. The Balaban J connectivity index is 2.07. The van der Waals surface area contributed by atoms with E-state index in [0.717, 1.165) is 6.04 Å². The summed E-state index contributed by atoms with van der Waals surface area (Å²) in [4.78, 5) is 2.58. The van der Waals surface area contributed by atoms with Gasteiger partial charge in [0, 0.05) is 19.1 Å². The summed E-state index contributed by atoms with van der Waals surface area (Å²) in [6, 6.07) is 0.808. The highest BCUT2D eigenvalue weighted by Crippen LogP contribution is 2.16. The first-order valence-corrected chi connectivity index (χ1v) is 7.82. The van der Waals surface area contributed by atoms with Crippen LogP contribution in [0.3, 0.4) is 0 Å². The molecule has 0 spiro atoms. The van der Waals surface area contributed by atoms with Gasteiger partial charge in [0.2, 0.25) is 0 Å². The smallest absolute Gasteiger partial charge is 0.0107 e. The minimum absolute atomic E-state index is 0.808. The van der Waals surface area contributed by atoms with Gasteiger partial charge in [-0.2, -0.15) is 0 Å². The van der Waals surface area contributed by atoms with E-state index in [0.29, 0.717) is 0 Å². The number of hydrogen-bond acceptors (Lipinski definition) is 2. The molecule has 0 aromatic heterocycles. The quantitative estimate of drug-likeness (QED) is 0.654. The van der Waals surface area contributed by atoms with Gasteiger partial charge < -0.3 is 10.2 Å². The summed E-state index contributed by atoms with van der Waals surface area (Å²) < 4.78 is 0. The molecule has 1 rings (SSSR count). The van der Waals surface area contributed by atoms with E-state index in [1.54, 1.807) is 0 Å². The monoisotopic (exact) mass is 240 g/mol. The van der Waals surface area contributed by atoms with Crippen molar-refractivity contribution in [1.29, 1.82) is 0 Å². The number of nitrogens with one attached hydrogen (secondary N) is 1. The van der Waals surface area contributed by atoms with E-state index in [9.17, 15) is 0 Å². The van der Waals surface area contributed by atoms with Crippen LogP contribution in [0.1, 0.15) is 65.2 Å². The zero-order valence-electron chi connectivity index (χ0n) is 12.0. The third-order valence-electron chi connectivity index (χ3n) is 3.99. The van der Waals surface area contributed by atoms with Crippen molar-refractivity contribution >= 4 is 0 Å². The Hall–Kier alpha value is -0.0800. The van der Waals surface area contributed by atoms with Crippen LogP contribution in [0, 0.1) is 0 Å². The van der Waals surface area contributed by atoms with Gasteiger partial charge in [0.1, 0.15) is 0 Å². The van der Waals surface area contributed by atoms with Crippen molar-refractivity contribution in [3.05, 3.63) is 0 Å². The second-order valence-electron chi connectivity index (χ2n) is 5.43. The van der Waals surface area contributed by atoms with E-state index in [1.807, 2.05) is 0 Å². The molecule has 0 heterocycles. The molecule has 1 aliphatic carbocycles. The fourth-order valence-corrected chi connectivity index (χ4v) is 2.72. The lowest BCUT2D eigenvalue weighted by molar-refractivity contribution is 0.275. The standard InChI is InChI=1S/C15H32N2/c1-3-5-13-17(4-2)14-12-16-15-10-8-6-7-9-11-15/h15-16H,3-14H2,1-2H3. The molecular formula is C15H32N2. The largest absolute Gasteiger partial charge is 0.313 e. The Bertz CT molecular complexity index is 162. The van der Waals surface area contributed by atoms with Crippen molar-refractivity contribution in [2.24, 2.45) is 0 Å². The normalized spacial score (nSPS) is 18.5. The molecule has 0 aliphatic heterocycles. The molecule has 102 valence electrons. The van der Waals surface area contributed by atoms with Crippen LogP contribution >= 0.6 is 0 Å². The van der Waals surface area contributed by atoms with E-state index in [4.69, 9.17) is 0 Å². The van der Waals surface area contributed by atoms with Gasteiger partial charge in [-0.3, -0.25) is 0 Å². The van der Waals surface area contributed by atoms with Gasteiger partial charge in [-0.15, -0.1) is 0 Å². The highest BCUT2D eigenvalue weighted by Gasteiger charge is 2.11. The summed E-state index contributed by atoms with van der Waals surface area (Å²) in [5, 5.41) is 3.76. The number of unbranched alkanes of at least 4 members (excludes halogenated alkanes) is 1. The Morgan fingerprint density at radius 1 is 1.00 bits per heavy atom. The average Bonchev–Trinajstić information content (AvgIpc) is 2.62. The van der Waals surface area contributed by atoms with Crippen molar-refractivity contribution in [3.8, 4) is 0 Å².